The quantitative estimate of drug-likeness (QED) is 0.551. The number of ether oxygens (including phenoxy) is 1. The van der Waals surface area contributed by atoms with Gasteiger partial charge in [-0.3, -0.25) is 19.3 Å². The molecule has 9 heteroatoms. The van der Waals surface area contributed by atoms with Gasteiger partial charge < -0.3 is 19.6 Å². The molecule has 31 heavy (non-hydrogen) atoms. The van der Waals surface area contributed by atoms with E-state index in [4.69, 9.17) is 4.74 Å². The van der Waals surface area contributed by atoms with Crippen molar-refractivity contribution in [1.82, 2.24) is 14.7 Å². The fourth-order valence-electron chi connectivity index (χ4n) is 4.58. The van der Waals surface area contributed by atoms with Crippen LogP contribution in [0.25, 0.3) is 0 Å². The lowest BCUT2D eigenvalue weighted by Gasteiger charge is -2.35. The van der Waals surface area contributed by atoms with Crippen molar-refractivity contribution in [3.63, 3.8) is 0 Å². The lowest BCUT2D eigenvalue weighted by Crippen LogP contribution is -2.47. The van der Waals surface area contributed by atoms with Gasteiger partial charge in [0.25, 0.3) is 0 Å². The summed E-state index contributed by atoms with van der Waals surface area (Å²) in [4.78, 5) is 25.7. The monoisotopic (exact) mass is 455 g/mol. The topological polar surface area (TPSA) is 96.7 Å². The Labute approximate surface area is 185 Å². The third-order valence-electron chi connectivity index (χ3n) is 5.97. The molecule has 2 bridgehead atoms. The van der Waals surface area contributed by atoms with E-state index >= 15 is 0 Å². The molecule has 1 aromatic rings. The highest BCUT2D eigenvalue weighted by atomic mass is 31.2. The molecule has 2 heterocycles. The second-order valence-electron chi connectivity index (χ2n) is 9.29. The Hall–Kier alpha value is -0.830. The minimum atomic E-state index is -4.05. The zero-order valence-electron chi connectivity index (χ0n) is 18.8. The lowest BCUT2D eigenvalue weighted by molar-refractivity contribution is 0.0481. The standard InChI is InChI=1S/C22H38N3O5P/c1-18(26)11-23-7-9-24-12-19(2)30-16-22(14-24)15-25(10-8-23)13-20-3-5-21(6-4-20)17-31(27,28)29/h3-6,18-19,22,26H,7-17H2,1-2H3,(H2,27,28,29)/t18-,19-,22?/m0/s1. The van der Waals surface area contributed by atoms with E-state index in [0.717, 1.165) is 64.5 Å². The number of aliphatic hydroxyl groups excluding tert-OH is 1. The molecule has 8 nitrogen and oxygen atoms in total. The summed E-state index contributed by atoms with van der Waals surface area (Å²) in [6, 6.07) is 7.56. The summed E-state index contributed by atoms with van der Waals surface area (Å²) in [6.07, 6.45) is -0.346. The van der Waals surface area contributed by atoms with Crippen molar-refractivity contribution in [2.45, 2.75) is 38.8 Å². The Kier molecular flexibility index (Phi) is 9.08. The Morgan fingerprint density at radius 3 is 2.35 bits per heavy atom. The minimum Gasteiger partial charge on any atom is -0.392 e. The molecule has 2 saturated heterocycles. The van der Waals surface area contributed by atoms with E-state index in [1.165, 1.54) is 0 Å². The van der Waals surface area contributed by atoms with Gasteiger partial charge in [-0.2, -0.15) is 0 Å². The predicted octanol–water partition coefficient (Wildman–Crippen LogP) is 1.20. The van der Waals surface area contributed by atoms with Gasteiger partial charge in [0.05, 0.1) is 25.0 Å². The first kappa shape index (κ1) is 24.8. The van der Waals surface area contributed by atoms with Gasteiger partial charge in [-0.15, -0.1) is 0 Å². The van der Waals surface area contributed by atoms with Crippen LogP contribution in [0, 0.1) is 5.92 Å². The van der Waals surface area contributed by atoms with Crippen LogP contribution in [0.3, 0.4) is 0 Å². The maximum atomic E-state index is 11.2. The van der Waals surface area contributed by atoms with E-state index in [0.29, 0.717) is 18.0 Å². The van der Waals surface area contributed by atoms with Gasteiger partial charge in [0.1, 0.15) is 0 Å². The average Bonchev–Trinajstić information content (AvgIpc) is 2.84. The van der Waals surface area contributed by atoms with Crippen LogP contribution < -0.4 is 0 Å². The van der Waals surface area contributed by atoms with Gasteiger partial charge in [-0.1, -0.05) is 24.3 Å². The number of nitrogens with zero attached hydrogens (tertiary/aromatic N) is 3. The van der Waals surface area contributed by atoms with Crippen LogP contribution >= 0.6 is 7.60 Å². The lowest BCUT2D eigenvalue weighted by atomic mass is 10.1. The van der Waals surface area contributed by atoms with Crippen LogP contribution in [0.5, 0.6) is 0 Å². The summed E-state index contributed by atoms with van der Waals surface area (Å²) in [5, 5.41) is 9.92. The second kappa shape index (κ2) is 11.3. The molecule has 2 fully saturated rings. The highest BCUT2D eigenvalue weighted by Crippen LogP contribution is 2.38. The van der Waals surface area contributed by atoms with Crippen molar-refractivity contribution >= 4 is 7.60 Å². The first-order valence-corrected chi connectivity index (χ1v) is 13.0. The van der Waals surface area contributed by atoms with Gasteiger partial charge in [0, 0.05) is 64.8 Å². The zero-order chi connectivity index (χ0) is 22.4. The molecular weight excluding hydrogens is 417 g/mol. The summed E-state index contributed by atoms with van der Waals surface area (Å²) in [6.45, 7) is 12.9. The molecule has 2 aliphatic heterocycles. The van der Waals surface area contributed by atoms with Crippen LogP contribution in [-0.4, -0.2) is 101 Å². The highest BCUT2D eigenvalue weighted by Gasteiger charge is 2.26. The molecule has 0 amide bonds. The fraction of sp³-hybridized carbons (Fsp3) is 0.727. The van der Waals surface area contributed by atoms with Crippen molar-refractivity contribution < 1.29 is 24.2 Å². The number of rotatable bonds is 6. The summed E-state index contributed by atoms with van der Waals surface area (Å²) in [5.74, 6) is 0.446. The Bertz CT molecular complexity index is 726. The van der Waals surface area contributed by atoms with Crippen molar-refractivity contribution in [3.05, 3.63) is 35.4 Å². The van der Waals surface area contributed by atoms with E-state index in [1.54, 1.807) is 0 Å². The van der Waals surface area contributed by atoms with Gasteiger partial charge in [0.2, 0.25) is 0 Å². The van der Waals surface area contributed by atoms with Gasteiger partial charge in [0.15, 0.2) is 0 Å². The second-order valence-corrected chi connectivity index (χ2v) is 10.9. The Morgan fingerprint density at radius 2 is 1.68 bits per heavy atom. The largest absolute Gasteiger partial charge is 0.392 e. The molecule has 0 radical (unpaired) electrons. The third kappa shape index (κ3) is 8.91. The number of fused-ring (bicyclic) bond motifs is 2. The van der Waals surface area contributed by atoms with E-state index < -0.39 is 7.60 Å². The van der Waals surface area contributed by atoms with Crippen LogP contribution in [0.15, 0.2) is 24.3 Å². The summed E-state index contributed by atoms with van der Waals surface area (Å²) in [7, 11) is -4.05. The summed E-state index contributed by atoms with van der Waals surface area (Å²) in [5.41, 5.74) is 1.79. The highest BCUT2D eigenvalue weighted by molar-refractivity contribution is 7.50. The Balaban J connectivity index is 1.70. The number of aliphatic hydroxyl groups is 1. The molecule has 0 aromatic heterocycles. The molecule has 4 atom stereocenters. The van der Waals surface area contributed by atoms with Crippen LogP contribution in [0.2, 0.25) is 0 Å². The van der Waals surface area contributed by atoms with E-state index in [-0.39, 0.29) is 18.4 Å². The van der Waals surface area contributed by atoms with Crippen LogP contribution in [-0.2, 0) is 22.0 Å². The normalized spacial score (nSPS) is 28.1. The third-order valence-corrected chi connectivity index (χ3v) is 6.75. The molecule has 176 valence electrons. The predicted molar refractivity (Wildman–Crippen MR) is 121 cm³/mol. The number of hydrogen-bond donors (Lipinski definition) is 3. The smallest absolute Gasteiger partial charge is 0.329 e. The fourth-order valence-corrected chi connectivity index (χ4v) is 5.27. The van der Waals surface area contributed by atoms with Crippen LogP contribution in [0.1, 0.15) is 25.0 Å². The SMILES string of the molecule is C[C@H](O)CN1CCN(Cc2ccc(CP(=O)(O)O)cc2)CC2CO[C@@H](C)CN(CC1)C2. The van der Waals surface area contributed by atoms with Gasteiger partial charge in [-0.05, 0) is 25.0 Å². The van der Waals surface area contributed by atoms with Crippen molar-refractivity contribution in [2.24, 2.45) is 5.92 Å². The van der Waals surface area contributed by atoms with E-state index in [2.05, 4.69) is 21.6 Å². The minimum absolute atomic E-state index is 0.223. The molecule has 3 rings (SSSR count). The zero-order valence-corrected chi connectivity index (χ0v) is 19.7. The van der Waals surface area contributed by atoms with Crippen LogP contribution in [0.4, 0.5) is 0 Å². The van der Waals surface area contributed by atoms with Crippen molar-refractivity contribution in [1.29, 1.82) is 0 Å². The van der Waals surface area contributed by atoms with Gasteiger partial charge in [-0.25, -0.2) is 0 Å². The number of β-amino-alcohol motifs (C(OH)–C–C–N with tert-alkyl or cyclic N) is 1. The summed E-state index contributed by atoms with van der Waals surface area (Å²) < 4.78 is 17.3. The molecule has 0 saturated carbocycles. The van der Waals surface area contributed by atoms with E-state index in [9.17, 15) is 19.5 Å². The molecule has 3 N–H and O–H groups in total. The summed E-state index contributed by atoms with van der Waals surface area (Å²) >= 11 is 0. The maximum Gasteiger partial charge on any atom is 0.329 e. The average molecular weight is 456 g/mol. The first-order valence-electron chi connectivity index (χ1n) is 11.3. The molecule has 2 aliphatic rings. The molecule has 2 unspecified atom stereocenters. The molecule has 1 aromatic carbocycles. The van der Waals surface area contributed by atoms with Gasteiger partial charge >= 0.3 is 7.60 Å². The Morgan fingerprint density at radius 1 is 1.03 bits per heavy atom. The molecular formula is C22H38N3O5P. The van der Waals surface area contributed by atoms with E-state index in [1.807, 2.05) is 31.2 Å². The number of hydrogen-bond acceptors (Lipinski definition) is 6. The maximum absolute atomic E-state index is 11.2. The van der Waals surface area contributed by atoms with Crippen molar-refractivity contribution in [2.75, 3.05) is 59.0 Å². The number of benzene rings is 1. The van der Waals surface area contributed by atoms with Crippen molar-refractivity contribution in [3.8, 4) is 0 Å². The molecule has 0 aliphatic carbocycles. The first-order chi connectivity index (χ1) is 14.7. The molecule has 0 spiro atoms.